The lowest BCUT2D eigenvalue weighted by molar-refractivity contribution is -0.274. The molecule has 3 aromatic carbocycles. The highest BCUT2D eigenvalue weighted by Gasteiger charge is 2.66. The Bertz CT molecular complexity index is 1860. The molecule has 0 bridgehead atoms. The summed E-state index contributed by atoms with van der Waals surface area (Å²) in [5.74, 6) is -1.54. The standard InChI is InChI=1S/C39H49N3O12Si/c1-22-35(55(3,4)51)29(19-30(44)41(16-17-43)20-23-8-6-5-7-9-23)54-39(22)27-18-26(52-2)14-15-28(27)42(38(39)50)21-24-10-12-25(13-11-24)40-36(48)34-32(46)31(45)33(47)37(49)53-34/h5-15,18,22,29,31-35,37,43,45-47,49,51H,16-17,19-21H2,1-4H3,(H,40,48)/t22-,29+,31-,32-,33+,34-,35-,37+,39+/m0/s1. The zero-order valence-electron chi connectivity index (χ0n) is 31.1. The molecule has 7 N–H and O–H groups in total. The van der Waals surface area contributed by atoms with Crippen LogP contribution < -0.4 is 15.0 Å². The van der Waals surface area contributed by atoms with E-state index in [0.29, 0.717) is 28.3 Å². The van der Waals surface area contributed by atoms with Crippen molar-refractivity contribution in [3.63, 3.8) is 0 Å². The Morgan fingerprint density at radius 2 is 1.65 bits per heavy atom. The smallest absolute Gasteiger partial charge is 0.264 e. The summed E-state index contributed by atoms with van der Waals surface area (Å²) in [4.78, 5) is 56.5. The van der Waals surface area contributed by atoms with E-state index in [4.69, 9.17) is 14.2 Å². The lowest BCUT2D eigenvalue weighted by atomic mass is 9.82. The summed E-state index contributed by atoms with van der Waals surface area (Å²) in [7, 11) is -1.58. The maximum absolute atomic E-state index is 14.9. The van der Waals surface area contributed by atoms with Gasteiger partial charge in [-0.15, -0.1) is 0 Å². The topological polar surface area (TPSA) is 219 Å². The second-order valence-electron chi connectivity index (χ2n) is 15.0. The minimum Gasteiger partial charge on any atom is -0.497 e. The number of fused-ring (bicyclic) bond motifs is 2. The fourth-order valence-electron chi connectivity index (χ4n) is 8.23. The Balaban J connectivity index is 1.25. The molecular formula is C39H49N3O12Si. The van der Waals surface area contributed by atoms with Crippen LogP contribution in [-0.4, -0.2) is 118 Å². The third-order valence-electron chi connectivity index (χ3n) is 10.9. The molecule has 0 unspecified atom stereocenters. The number of anilines is 2. The first-order chi connectivity index (χ1) is 26.1. The molecule has 0 saturated carbocycles. The van der Waals surface area contributed by atoms with Crippen LogP contribution in [0.3, 0.4) is 0 Å². The van der Waals surface area contributed by atoms with E-state index in [2.05, 4.69) is 5.32 Å². The van der Waals surface area contributed by atoms with Gasteiger partial charge in [-0.2, -0.15) is 0 Å². The van der Waals surface area contributed by atoms with Crippen molar-refractivity contribution >= 4 is 37.4 Å². The average molecular weight is 780 g/mol. The highest BCUT2D eigenvalue weighted by atomic mass is 28.4. The summed E-state index contributed by atoms with van der Waals surface area (Å²) in [5, 5.41) is 52.2. The minimum atomic E-state index is -3.10. The van der Waals surface area contributed by atoms with E-state index in [0.717, 1.165) is 5.56 Å². The van der Waals surface area contributed by atoms with Crippen LogP contribution in [0.5, 0.6) is 5.75 Å². The molecule has 1 spiro atoms. The van der Waals surface area contributed by atoms with E-state index in [9.17, 15) is 44.7 Å². The quantitative estimate of drug-likeness (QED) is 0.129. The number of nitrogens with one attached hydrogen (secondary N) is 1. The fraction of sp³-hybridized carbons (Fsp3) is 0.462. The number of nitrogens with zero attached hydrogens (tertiary/aromatic N) is 2. The number of carbonyl (C=O) groups is 3. The average Bonchev–Trinajstić information content (AvgIpc) is 3.58. The first-order valence-corrected chi connectivity index (χ1v) is 21.2. The summed E-state index contributed by atoms with van der Waals surface area (Å²) >= 11 is 0. The maximum atomic E-state index is 14.9. The predicted molar refractivity (Wildman–Crippen MR) is 201 cm³/mol. The zero-order valence-corrected chi connectivity index (χ0v) is 32.1. The Morgan fingerprint density at radius 1 is 0.964 bits per heavy atom. The van der Waals surface area contributed by atoms with E-state index < -0.39 is 68.1 Å². The van der Waals surface area contributed by atoms with Crippen LogP contribution in [0.4, 0.5) is 11.4 Å². The van der Waals surface area contributed by atoms with Crippen molar-refractivity contribution in [3.05, 3.63) is 89.5 Å². The van der Waals surface area contributed by atoms with Gasteiger partial charge in [-0.1, -0.05) is 49.4 Å². The number of methoxy groups -OCH3 is 1. The van der Waals surface area contributed by atoms with Crippen molar-refractivity contribution in [3.8, 4) is 5.75 Å². The molecule has 3 aromatic rings. The van der Waals surface area contributed by atoms with Crippen LogP contribution >= 0.6 is 0 Å². The Kier molecular flexibility index (Phi) is 11.8. The number of hydrogen-bond donors (Lipinski definition) is 7. The third kappa shape index (κ3) is 7.79. The van der Waals surface area contributed by atoms with Gasteiger partial charge in [0.05, 0.1) is 38.5 Å². The largest absolute Gasteiger partial charge is 0.497 e. The van der Waals surface area contributed by atoms with Gasteiger partial charge in [-0.3, -0.25) is 14.4 Å². The summed E-state index contributed by atoms with van der Waals surface area (Å²) in [6.45, 7) is 5.68. The number of aliphatic hydroxyl groups excluding tert-OH is 5. The minimum absolute atomic E-state index is 0.0977. The lowest BCUT2D eigenvalue weighted by Crippen LogP contribution is -2.60. The molecule has 9 atom stereocenters. The molecule has 2 saturated heterocycles. The first kappa shape index (κ1) is 40.4. The molecule has 3 heterocycles. The van der Waals surface area contributed by atoms with Crippen LogP contribution in [0, 0.1) is 5.92 Å². The summed E-state index contributed by atoms with van der Waals surface area (Å²) in [6.07, 6.45) is -9.80. The van der Waals surface area contributed by atoms with Gasteiger partial charge in [-0.05, 0) is 54.6 Å². The van der Waals surface area contributed by atoms with Crippen molar-refractivity contribution in [2.24, 2.45) is 5.92 Å². The van der Waals surface area contributed by atoms with Crippen LogP contribution in [0.1, 0.15) is 30.0 Å². The lowest BCUT2D eigenvalue weighted by Gasteiger charge is -2.37. The maximum Gasteiger partial charge on any atom is 0.264 e. The zero-order chi connectivity index (χ0) is 39.8. The first-order valence-electron chi connectivity index (χ1n) is 18.2. The number of aliphatic hydroxyl groups is 5. The number of benzene rings is 3. The fourth-order valence-corrected chi connectivity index (χ4v) is 10.8. The van der Waals surface area contributed by atoms with Crippen molar-refractivity contribution in [1.82, 2.24) is 4.90 Å². The summed E-state index contributed by atoms with van der Waals surface area (Å²) < 4.78 is 17.4. The number of ether oxygens (including phenoxy) is 3. The van der Waals surface area contributed by atoms with Gasteiger partial charge in [0.15, 0.2) is 26.3 Å². The molecule has 0 aromatic heterocycles. The van der Waals surface area contributed by atoms with Crippen molar-refractivity contribution < 1.29 is 58.9 Å². The molecule has 296 valence electrons. The van der Waals surface area contributed by atoms with Crippen LogP contribution in [0.2, 0.25) is 18.6 Å². The monoisotopic (exact) mass is 779 g/mol. The second kappa shape index (κ2) is 16.1. The normalized spacial score (nSPS) is 29.0. The van der Waals surface area contributed by atoms with Gasteiger partial charge in [-0.25, -0.2) is 0 Å². The van der Waals surface area contributed by atoms with Crippen molar-refractivity contribution in [2.75, 3.05) is 30.5 Å². The van der Waals surface area contributed by atoms with E-state index in [1.165, 1.54) is 7.11 Å². The molecule has 0 radical (unpaired) electrons. The van der Waals surface area contributed by atoms with Crippen LogP contribution in [-0.2, 0) is 42.5 Å². The Morgan fingerprint density at radius 3 is 2.29 bits per heavy atom. The Hall–Kier alpha value is -4.23. The van der Waals surface area contributed by atoms with Gasteiger partial charge in [0, 0.05) is 35.8 Å². The number of rotatable bonds is 12. The highest BCUT2D eigenvalue weighted by Crippen LogP contribution is 2.60. The van der Waals surface area contributed by atoms with Gasteiger partial charge in [0.25, 0.3) is 11.8 Å². The number of amides is 3. The van der Waals surface area contributed by atoms with Gasteiger partial charge in [0.2, 0.25) is 5.91 Å². The number of carbonyl (C=O) groups excluding carboxylic acids is 3. The molecular weight excluding hydrogens is 731 g/mol. The number of hydrogen-bond acceptors (Lipinski definition) is 12. The van der Waals surface area contributed by atoms with E-state index in [1.807, 2.05) is 37.3 Å². The van der Waals surface area contributed by atoms with E-state index in [1.54, 1.807) is 65.4 Å². The molecule has 55 heavy (non-hydrogen) atoms. The second-order valence-corrected chi connectivity index (χ2v) is 18.9. The molecule has 15 nitrogen and oxygen atoms in total. The van der Waals surface area contributed by atoms with Gasteiger partial charge in [0.1, 0.15) is 24.1 Å². The van der Waals surface area contributed by atoms with Gasteiger partial charge >= 0.3 is 0 Å². The van der Waals surface area contributed by atoms with Crippen molar-refractivity contribution in [1.29, 1.82) is 0 Å². The van der Waals surface area contributed by atoms with Crippen LogP contribution in [0.15, 0.2) is 72.8 Å². The van der Waals surface area contributed by atoms with Crippen LogP contribution in [0.25, 0.3) is 0 Å². The molecule has 0 aliphatic carbocycles. The molecule has 6 rings (SSSR count). The third-order valence-corrected chi connectivity index (χ3v) is 13.4. The van der Waals surface area contributed by atoms with Crippen molar-refractivity contribution in [2.45, 2.75) is 87.5 Å². The highest BCUT2D eigenvalue weighted by molar-refractivity contribution is 6.71. The summed E-state index contributed by atoms with van der Waals surface area (Å²) in [6, 6.07) is 21.2. The molecule has 2 fully saturated rings. The Labute approximate surface area is 319 Å². The summed E-state index contributed by atoms with van der Waals surface area (Å²) in [5.41, 5.74) is 0.938. The van der Waals surface area contributed by atoms with E-state index >= 15 is 0 Å². The molecule has 3 amide bonds. The molecule has 16 heteroatoms. The van der Waals surface area contributed by atoms with Gasteiger partial charge < -0.3 is 59.7 Å². The SMILES string of the molecule is COc1ccc2c(c1)[C@@]1(O[C@H](CC(=O)N(CCO)Cc3ccccc3)[C@@H]([Si](C)(C)O)[C@@H]1C)C(=O)N2Cc1ccc(NC(=O)[C@H]2O[C@@H](O)[C@H](O)[C@@H](O)[C@@H]2O)cc1. The predicted octanol–water partition coefficient (Wildman–Crippen LogP) is 1.19. The molecule has 3 aliphatic rings. The molecule has 3 aliphatic heterocycles. The van der Waals surface area contributed by atoms with E-state index in [-0.39, 0.29) is 44.5 Å².